The lowest BCUT2D eigenvalue weighted by atomic mass is 9.75. The van der Waals surface area contributed by atoms with E-state index in [4.69, 9.17) is 5.73 Å². The smallest absolute Gasteiger partial charge is 0.0555 e. The normalized spacial score (nSPS) is 18.3. The third-order valence-electron chi connectivity index (χ3n) is 4.65. The van der Waals surface area contributed by atoms with Gasteiger partial charge in [0.1, 0.15) is 0 Å². The fourth-order valence-electron chi connectivity index (χ4n) is 3.09. The molecule has 1 saturated carbocycles. The van der Waals surface area contributed by atoms with Crippen molar-refractivity contribution in [3.63, 3.8) is 0 Å². The highest BCUT2D eigenvalue weighted by atomic mass is 15.1. The molecule has 2 rings (SSSR count). The van der Waals surface area contributed by atoms with Gasteiger partial charge >= 0.3 is 0 Å². The zero-order chi connectivity index (χ0) is 15.3. The maximum atomic E-state index is 5.39. The Morgan fingerprint density at radius 2 is 1.81 bits per heavy atom. The third kappa shape index (κ3) is 4.88. The Labute approximate surface area is 129 Å². The summed E-state index contributed by atoms with van der Waals surface area (Å²) in [5, 5.41) is 0. The number of nitrogens with zero attached hydrogens (tertiary/aromatic N) is 1. The molecule has 2 heteroatoms. The summed E-state index contributed by atoms with van der Waals surface area (Å²) in [4.78, 5) is 2.51. The lowest BCUT2D eigenvalue weighted by molar-refractivity contribution is 0.123. The van der Waals surface area contributed by atoms with Gasteiger partial charge in [-0.1, -0.05) is 37.8 Å². The van der Waals surface area contributed by atoms with E-state index < -0.39 is 0 Å². The van der Waals surface area contributed by atoms with Crippen LogP contribution in [0.4, 0.5) is 0 Å². The summed E-state index contributed by atoms with van der Waals surface area (Å²) < 4.78 is 0. The van der Waals surface area contributed by atoms with E-state index in [0.29, 0.717) is 12.0 Å². The lowest BCUT2D eigenvalue weighted by Crippen LogP contribution is -2.36. The van der Waals surface area contributed by atoms with Gasteiger partial charge in [0.05, 0.1) is 6.54 Å². The van der Waals surface area contributed by atoms with Gasteiger partial charge in [-0.15, -0.1) is 0 Å². The van der Waals surface area contributed by atoms with E-state index in [1.807, 2.05) is 0 Å². The molecule has 0 atom stereocenters. The summed E-state index contributed by atoms with van der Waals surface area (Å²) in [5.74, 6) is 5.96. The van der Waals surface area contributed by atoms with Gasteiger partial charge in [-0.25, -0.2) is 0 Å². The minimum Gasteiger partial charge on any atom is -0.320 e. The summed E-state index contributed by atoms with van der Waals surface area (Å²) in [5.41, 5.74) is 8.34. The van der Waals surface area contributed by atoms with E-state index in [0.717, 1.165) is 18.2 Å². The highest BCUT2D eigenvalue weighted by Crippen LogP contribution is 2.36. The minimum absolute atomic E-state index is 0.419. The summed E-state index contributed by atoms with van der Waals surface area (Å²) in [7, 11) is 2.26. The van der Waals surface area contributed by atoms with Gasteiger partial charge in [0, 0.05) is 18.2 Å². The second-order valence-electron chi connectivity index (χ2n) is 7.01. The van der Waals surface area contributed by atoms with Crippen LogP contribution in [-0.2, 0) is 6.54 Å². The van der Waals surface area contributed by atoms with Crippen LogP contribution in [0.1, 0.15) is 50.7 Å². The maximum Gasteiger partial charge on any atom is 0.0555 e. The Kier molecular flexibility index (Phi) is 5.45. The zero-order valence-corrected chi connectivity index (χ0v) is 13.7. The molecule has 2 nitrogen and oxygen atoms in total. The molecule has 0 unspecified atom stereocenters. The van der Waals surface area contributed by atoms with Gasteiger partial charge in [-0.2, -0.15) is 0 Å². The highest BCUT2D eigenvalue weighted by Gasteiger charge is 2.28. The molecule has 1 fully saturated rings. The maximum absolute atomic E-state index is 5.39. The first-order valence-electron chi connectivity index (χ1n) is 7.98. The van der Waals surface area contributed by atoms with Crippen LogP contribution >= 0.6 is 0 Å². The van der Waals surface area contributed by atoms with E-state index in [9.17, 15) is 0 Å². The second kappa shape index (κ2) is 7.11. The van der Waals surface area contributed by atoms with Crippen LogP contribution in [0.5, 0.6) is 0 Å². The van der Waals surface area contributed by atoms with Gasteiger partial charge < -0.3 is 5.73 Å². The summed E-state index contributed by atoms with van der Waals surface area (Å²) >= 11 is 0. The van der Waals surface area contributed by atoms with Gasteiger partial charge in [-0.05, 0) is 55.8 Å². The summed E-state index contributed by atoms with van der Waals surface area (Å²) in [6, 6.07) is 9.29. The molecule has 114 valence electrons. The molecule has 0 bridgehead atoms. The van der Waals surface area contributed by atoms with Crippen LogP contribution in [0.25, 0.3) is 0 Å². The van der Waals surface area contributed by atoms with Crippen LogP contribution in [0.2, 0.25) is 0 Å². The molecule has 0 spiro atoms. The van der Waals surface area contributed by atoms with E-state index >= 15 is 0 Å². The fourth-order valence-corrected chi connectivity index (χ4v) is 3.09. The predicted octanol–water partition coefficient (Wildman–Crippen LogP) is 3.40. The van der Waals surface area contributed by atoms with E-state index in [1.165, 1.54) is 31.2 Å². The number of benzene rings is 1. The summed E-state index contributed by atoms with van der Waals surface area (Å²) in [6.07, 6.45) is 5.33. The average molecular weight is 284 g/mol. The fraction of sp³-hybridized carbons (Fsp3) is 0.579. The van der Waals surface area contributed by atoms with Crippen molar-refractivity contribution in [2.75, 3.05) is 13.6 Å². The molecule has 0 aromatic heterocycles. The molecule has 0 amide bonds. The van der Waals surface area contributed by atoms with E-state index in [1.54, 1.807) is 0 Å². The van der Waals surface area contributed by atoms with Gasteiger partial charge in [0.15, 0.2) is 0 Å². The quantitative estimate of drug-likeness (QED) is 0.862. The molecule has 1 aromatic rings. The number of hydrogen-bond donors (Lipinski definition) is 1. The van der Waals surface area contributed by atoms with E-state index in [-0.39, 0.29) is 0 Å². The predicted molar refractivity (Wildman–Crippen MR) is 89.9 cm³/mol. The molecule has 0 heterocycles. The number of rotatable bonds is 3. The van der Waals surface area contributed by atoms with Crippen molar-refractivity contribution >= 4 is 0 Å². The van der Waals surface area contributed by atoms with Crippen molar-refractivity contribution in [1.82, 2.24) is 4.90 Å². The van der Waals surface area contributed by atoms with Crippen LogP contribution < -0.4 is 5.73 Å². The van der Waals surface area contributed by atoms with Gasteiger partial charge in [0.25, 0.3) is 0 Å². The molecule has 21 heavy (non-hydrogen) atoms. The minimum atomic E-state index is 0.419. The van der Waals surface area contributed by atoms with Crippen LogP contribution in [0.3, 0.4) is 0 Å². The van der Waals surface area contributed by atoms with Crippen molar-refractivity contribution in [2.45, 2.75) is 52.1 Å². The van der Waals surface area contributed by atoms with Gasteiger partial charge in [0.2, 0.25) is 0 Å². The van der Waals surface area contributed by atoms with Crippen molar-refractivity contribution < 1.29 is 0 Å². The molecule has 1 aliphatic carbocycles. The number of hydrogen-bond acceptors (Lipinski definition) is 2. The lowest BCUT2D eigenvalue weighted by Gasteiger charge is -2.38. The van der Waals surface area contributed by atoms with Crippen LogP contribution in [-0.4, -0.2) is 24.5 Å². The largest absolute Gasteiger partial charge is 0.320 e. The topological polar surface area (TPSA) is 29.3 Å². The first-order valence-corrected chi connectivity index (χ1v) is 7.98. The zero-order valence-electron chi connectivity index (χ0n) is 13.7. The first-order chi connectivity index (χ1) is 10.00. The highest BCUT2D eigenvalue weighted by molar-refractivity contribution is 5.36. The van der Waals surface area contributed by atoms with Crippen LogP contribution in [0, 0.1) is 17.3 Å². The molecular formula is C19H28N2. The van der Waals surface area contributed by atoms with E-state index in [2.05, 4.69) is 61.9 Å². The van der Waals surface area contributed by atoms with Crippen molar-refractivity contribution in [3.8, 4) is 11.8 Å². The van der Waals surface area contributed by atoms with Crippen molar-refractivity contribution in [1.29, 1.82) is 0 Å². The van der Waals surface area contributed by atoms with Crippen molar-refractivity contribution in [2.24, 2.45) is 11.1 Å². The Hall–Kier alpha value is -1.30. The SMILES string of the molecule is CN(Cc1ccc(C#CCN)cc1)C1CCC(C)(C)CC1. The molecular weight excluding hydrogens is 256 g/mol. The van der Waals surface area contributed by atoms with Crippen molar-refractivity contribution in [3.05, 3.63) is 35.4 Å². The molecule has 1 aromatic carbocycles. The monoisotopic (exact) mass is 284 g/mol. The Bertz CT molecular complexity index is 495. The Morgan fingerprint density at radius 3 is 2.38 bits per heavy atom. The van der Waals surface area contributed by atoms with Crippen LogP contribution in [0.15, 0.2) is 24.3 Å². The molecule has 0 saturated heterocycles. The first kappa shape index (κ1) is 16.1. The molecule has 0 radical (unpaired) electrons. The Morgan fingerprint density at radius 1 is 1.19 bits per heavy atom. The number of nitrogens with two attached hydrogens (primary N) is 1. The summed E-state index contributed by atoms with van der Waals surface area (Å²) in [6.45, 7) is 6.23. The third-order valence-corrected chi connectivity index (χ3v) is 4.65. The average Bonchev–Trinajstić information content (AvgIpc) is 2.46. The Balaban J connectivity index is 1.89. The molecule has 1 aliphatic rings. The van der Waals surface area contributed by atoms with Gasteiger partial charge in [-0.3, -0.25) is 4.90 Å². The second-order valence-corrected chi connectivity index (χ2v) is 7.01. The standard InChI is InChI=1S/C19H28N2/c1-19(2)12-10-18(11-13-19)21(3)15-17-8-6-16(7-9-17)5-4-14-20/h6-9,18H,10-15,20H2,1-3H3. The molecule has 0 aliphatic heterocycles. The molecule has 2 N–H and O–H groups in total.